The van der Waals surface area contributed by atoms with E-state index in [2.05, 4.69) is 15.2 Å². The first-order valence-electron chi connectivity index (χ1n) is 2.12. The fourth-order valence-corrected chi connectivity index (χ4v) is 0.330. The van der Waals surface area contributed by atoms with Gasteiger partial charge in [-0.05, 0) is 0 Å². The Hall–Kier alpha value is -1.30. The van der Waals surface area contributed by atoms with Gasteiger partial charge in [0, 0.05) is 5.28 Å². The summed E-state index contributed by atoms with van der Waals surface area (Å²) in [4.78, 5) is 24.7. The van der Waals surface area contributed by atoms with E-state index in [1.54, 1.807) is 0 Å². The topological polar surface area (TPSA) is 94.1 Å². The molecule has 0 aromatic rings. The predicted octanol–water partition coefficient (Wildman–Crippen LogP) is -1.24. The molecular formula is C3H3N3O3. The van der Waals surface area contributed by atoms with Crippen LogP contribution in [-0.2, 0) is 14.4 Å². The fourth-order valence-electron chi connectivity index (χ4n) is 0.330. The molecule has 1 unspecified atom stereocenters. The van der Waals surface area contributed by atoms with Gasteiger partial charge in [-0.1, -0.05) is 5.11 Å². The summed E-state index contributed by atoms with van der Waals surface area (Å²) in [6.07, 6.45) is -1.27. The fraction of sp³-hybridized carbons (Fsp3) is 0.333. The van der Waals surface area contributed by atoms with Crippen molar-refractivity contribution in [3.05, 3.63) is 0 Å². The van der Waals surface area contributed by atoms with Crippen LogP contribution in [0.2, 0.25) is 0 Å². The molecule has 0 aliphatic carbocycles. The van der Waals surface area contributed by atoms with Crippen LogP contribution in [0.4, 0.5) is 0 Å². The van der Waals surface area contributed by atoms with E-state index in [1.807, 2.05) is 0 Å². The van der Waals surface area contributed by atoms with Crippen LogP contribution in [0, 0.1) is 0 Å². The molecule has 0 aromatic carbocycles. The van der Waals surface area contributed by atoms with Crippen molar-refractivity contribution in [1.29, 1.82) is 0 Å². The number of nitrogens with zero attached hydrogens (tertiary/aromatic N) is 2. The van der Waals surface area contributed by atoms with Crippen molar-refractivity contribution in [2.45, 2.75) is 6.23 Å². The van der Waals surface area contributed by atoms with Gasteiger partial charge in [0.2, 0.25) is 6.23 Å². The van der Waals surface area contributed by atoms with Crippen LogP contribution in [0.3, 0.4) is 0 Å². The number of amides is 1. The Morgan fingerprint density at radius 1 is 1.56 bits per heavy atom. The minimum atomic E-state index is -1.27. The van der Waals surface area contributed by atoms with Gasteiger partial charge in [0.15, 0.2) is 0 Å². The van der Waals surface area contributed by atoms with Crippen molar-refractivity contribution in [2.75, 3.05) is 0 Å². The molecule has 1 rings (SSSR count). The van der Waals surface area contributed by atoms with Gasteiger partial charge in [0.1, 0.15) is 0 Å². The van der Waals surface area contributed by atoms with Gasteiger partial charge in [-0.3, -0.25) is 15.3 Å². The number of carbonyl (C=O) groups is 2. The van der Waals surface area contributed by atoms with Crippen LogP contribution in [0.15, 0.2) is 10.4 Å². The molecule has 0 bridgehead atoms. The van der Waals surface area contributed by atoms with E-state index < -0.39 is 17.9 Å². The minimum Gasteiger partial charge on any atom is -0.351 e. The van der Waals surface area contributed by atoms with Gasteiger partial charge in [-0.2, -0.15) is 0 Å². The molecule has 9 heavy (non-hydrogen) atoms. The first kappa shape index (κ1) is 5.83. The zero-order valence-electron chi connectivity index (χ0n) is 4.27. The molecular weight excluding hydrogens is 126 g/mol. The van der Waals surface area contributed by atoms with E-state index in [-0.39, 0.29) is 0 Å². The van der Waals surface area contributed by atoms with Crippen molar-refractivity contribution in [2.24, 2.45) is 16.1 Å². The average molecular weight is 129 g/mol. The summed E-state index contributed by atoms with van der Waals surface area (Å²) in [5, 5.41) is 5.61. The lowest BCUT2D eigenvalue weighted by Crippen LogP contribution is -2.38. The van der Waals surface area contributed by atoms with Gasteiger partial charge in [0.25, 0.3) is 5.78 Å². The third-order valence-electron chi connectivity index (χ3n) is 0.762. The van der Waals surface area contributed by atoms with Crippen LogP contribution in [0.25, 0.3) is 0 Å². The Labute approximate surface area is 49.6 Å². The molecule has 0 fully saturated rings. The van der Waals surface area contributed by atoms with Crippen molar-refractivity contribution < 1.29 is 14.4 Å². The highest BCUT2D eigenvalue weighted by atomic mass is 16.7. The summed E-state index contributed by atoms with van der Waals surface area (Å²) in [6, 6.07) is 0. The maximum absolute atomic E-state index is 10.4. The zero-order chi connectivity index (χ0) is 6.85. The molecule has 0 spiro atoms. The van der Waals surface area contributed by atoms with Gasteiger partial charge >= 0.3 is 5.91 Å². The Balaban J connectivity index is 2.81. The Morgan fingerprint density at radius 2 is 2.22 bits per heavy atom. The second-order valence-electron chi connectivity index (χ2n) is 1.38. The highest BCUT2D eigenvalue weighted by molar-refractivity contribution is 6.38. The molecule has 0 radical (unpaired) electrons. The molecule has 48 valence electrons. The molecule has 0 saturated heterocycles. The minimum absolute atomic E-state index is 0.870. The van der Waals surface area contributed by atoms with Crippen LogP contribution in [-0.4, -0.2) is 17.9 Å². The molecule has 0 aromatic heterocycles. The highest BCUT2D eigenvalue weighted by Gasteiger charge is 2.27. The molecule has 2 N–H and O–H groups in total. The van der Waals surface area contributed by atoms with Gasteiger partial charge in [-0.25, -0.2) is 0 Å². The molecule has 1 aliphatic heterocycles. The van der Waals surface area contributed by atoms with Crippen molar-refractivity contribution >= 4 is 11.7 Å². The third kappa shape index (κ3) is 0.918. The van der Waals surface area contributed by atoms with Crippen LogP contribution in [0.1, 0.15) is 0 Å². The normalized spacial score (nSPS) is 26.1. The molecule has 1 amide bonds. The standard InChI is InChI=1S/C3H3N3O3/c4-2-1(7)3(8)5-6-9-2/h2H,4H2. The zero-order valence-corrected chi connectivity index (χ0v) is 4.27. The summed E-state index contributed by atoms with van der Waals surface area (Å²) in [7, 11) is 0. The lowest BCUT2D eigenvalue weighted by Gasteiger charge is -2.06. The summed E-state index contributed by atoms with van der Waals surface area (Å²) >= 11 is 0. The second kappa shape index (κ2) is 1.90. The number of nitrogens with two attached hydrogens (primary N) is 1. The quantitative estimate of drug-likeness (QED) is 0.414. The average Bonchev–Trinajstić information content (AvgIpc) is 1.83. The van der Waals surface area contributed by atoms with Crippen molar-refractivity contribution in [3.8, 4) is 0 Å². The third-order valence-corrected chi connectivity index (χ3v) is 0.762. The van der Waals surface area contributed by atoms with Gasteiger partial charge in [-0.15, -0.1) is 0 Å². The molecule has 6 nitrogen and oxygen atoms in total. The summed E-state index contributed by atoms with van der Waals surface area (Å²) in [6.45, 7) is 0. The van der Waals surface area contributed by atoms with E-state index in [4.69, 9.17) is 5.73 Å². The van der Waals surface area contributed by atoms with Gasteiger partial charge in [0.05, 0.1) is 0 Å². The highest BCUT2D eigenvalue weighted by Crippen LogP contribution is 1.97. The number of Topliss-reactive ketones (excluding diaryl/α,β-unsaturated/α-hetero) is 1. The first-order valence-corrected chi connectivity index (χ1v) is 2.12. The monoisotopic (exact) mass is 129 g/mol. The Morgan fingerprint density at radius 3 is 2.67 bits per heavy atom. The van der Waals surface area contributed by atoms with E-state index >= 15 is 0 Å². The Kier molecular flexibility index (Phi) is 1.23. The largest absolute Gasteiger partial charge is 0.351 e. The van der Waals surface area contributed by atoms with E-state index in [9.17, 15) is 9.59 Å². The number of hydrogen-bond donors (Lipinski definition) is 1. The van der Waals surface area contributed by atoms with Crippen LogP contribution < -0.4 is 5.73 Å². The number of ketones is 1. The van der Waals surface area contributed by atoms with Gasteiger partial charge < -0.3 is 4.84 Å². The van der Waals surface area contributed by atoms with Crippen LogP contribution >= 0.6 is 0 Å². The maximum atomic E-state index is 10.4. The molecule has 1 atom stereocenters. The van der Waals surface area contributed by atoms with E-state index in [1.165, 1.54) is 0 Å². The lowest BCUT2D eigenvalue weighted by molar-refractivity contribution is -0.148. The van der Waals surface area contributed by atoms with E-state index in [0.29, 0.717) is 0 Å². The molecule has 0 saturated carbocycles. The Bertz CT molecular complexity index is 187. The summed E-state index contributed by atoms with van der Waals surface area (Å²) < 4.78 is 0. The summed E-state index contributed by atoms with van der Waals surface area (Å²) in [5.74, 6) is -1.83. The number of carbonyl (C=O) groups excluding carboxylic acids is 2. The summed E-state index contributed by atoms with van der Waals surface area (Å²) in [5.41, 5.74) is 4.92. The number of rotatable bonds is 0. The van der Waals surface area contributed by atoms with Crippen LogP contribution in [0.5, 0.6) is 0 Å². The maximum Gasteiger partial charge on any atom is 0.339 e. The van der Waals surface area contributed by atoms with Crippen molar-refractivity contribution in [1.82, 2.24) is 0 Å². The molecule has 6 heteroatoms. The SMILES string of the molecule is NC1ON=NC(=O)C1=O. The van der Waals surface area contributed by atoms with E-state index in [0.717, 1.165) is 0 Å². The lowest BCUT2D eigenvalue weighted by atomic mass is 10.3. The predicted molar refractivity (Wildman–Crippen MR) is 23.9 cm³/mol. The second-order valence-corrected chi connectivity index (χ2v) is 1.38. The molecule has 1 heterocycles. The smallest absolute Gasteiger partial charge is 0.339 e. The first-order chi connectivity index (χ1) is 4.22. The molecule has 1 aliphatic rings. The number of hydrogen-bond acceptors (Lipinski definition) is 5. The van der Waals surface area contributed by atoms with Crippen molar-refractivity contribution in [3.63, 3.8) is 0 Å².